The zero-order chi connectivity index (χ0) is 12.4. The van der Waals surface area contributed by atoms with Crippen molar-refractivity contribution in [2.45, 2.75) is 6.42 Å². The second-order valence-corrected chi connectivity index (χ2v) is 4.59. The Morgan fingerprint density at radius 1 is 0.647 bits per heavy atom. The molecule has 2 rings (SSSR count). The van der Waals surface area contributed by atoms with Gasteiger partial charge in [0.15, 0.2) is 0 Å². The molecular weight excluding hydrogens is 306 g/mol. The van der Waals surface area contributed by atoms with Crippen LogP contribution in [0.15, 0.2) is 12.1 Å². The van der Waals surface area contributed by atoms with Gasteiger partial charge in [-0.15, -0.1) is 0 Å². The molecule has 8 heteroatoms. The second-order valence-electron chi connectivity index (χ2n) is 3.04. The molecule has 2 aromatic heterocycles. The van der Waals surface area contributed by atoms with Gasteiger partial charge in [0.1, 0.15) is 32.3 Å². The van der Waals surface area contributed by atoms with E-state index in [-0.39, 0.29) is 27.0 Å². The fourth-order valence-corrected chi connectivity index (χ4v) is 2.08. The normalized spacial score (nSPS) is 10.6. The highest BCUT2D eigenvalue weighted by molar-refractivity contribution is 6.33. The van der Waals surface area contributed by atoms with Crippen molar-refractivity contribution < 1.29 is 0 Å². The van der Waals surface area contributed by atoms with Gasteiger partial charge in [0, 0.05) is 12.1 Å². The highest BCUT2D eigenvalue weighted by atomic mass is 35.5. The van der Waals surface area contributed by atoms with Crippen molar-refractivity contribution >= 4 is 46.4 Å². The van der Waals surface area contributed by atoms with Crippen molar-refractivity contribution in [3.05, 3.63) is 44.4 Å². The number of rotatable bonds is 2. The van der Waals surface area contributed by atoms with E-state index >= 15 is 0 Å². The van der Waals surface area contributed by atoms with Gasteiger partial charge in [-0.05, 0) is 0 Å². The quantitative estimate of drug-likeness (QED) is 0.797. The first-order valence-corrected chi connectivity index (χ1v) is 5.92. The summed E-state index contributed by atoms with van der Waals surface area (Å²) in [5.41, 5.74) is 0. The Morgan fingerprint density at radius 2 is 0.941 bits per heavy atom. The van der Waals surface area contributed by atoms with Gasteiger partial charge in [0.25, 0.3) is 0 Å². The largest absolute Gasteiger partial charge is 0.221 e. The van der Waals surface area contributed by atoms with Crippen LogP contribution in [0.3, 0.4) is 0 Å². The molecule has 0 aromatic carbocycles. The lowest BCUT2D eigenvalue weighted by Crippen LogP contribution is -2.02. The lowest BCUT2D eigenvalue weighted by molar-refractivity contribution is 0.888. The zero-order valence-electron chi connectivity index (χ0n) is 8.16. The summed E-state index contributed by atoms with van der Waals surface area (Å²) in [4.78, 5) is 16.0. The molecule has 0 saturated heterocycles. The Bertz CT molecular complexity index is 471. The van der Waals surface area contributed by atoms with Gasteiger partial charge in [-0.3, -0.25) is 0 Å². The molecular formula is C9H4Cl4N4. The Morgan fingerprint density at radius 3 is 1.24 bits per heavy atom. The minimum Gasteiger partial charge on any atom is -0.221 e. The molecule has 4 nitrogen and oxygen atoms in total. The fourth-order valence-electron chi connectivity index (χ4n) is 1.17. The molecule has 0 aliphatic heterocycles. The third kappa shape index (κ3) is 3.64. The van der Waals surface area contributed by atoms with E-state index in [2.05, 4.69) is 19.9 Å². The first kappa shape index (κ1) is 12.8. The number of halogens is 4. The summed E-state index contributed by atoms with van der Waals surface area (Å²) in [6, 6.07) is 2.89. The van der Waals surface area contributed by atoms with Gasteiger partial charge in [-0.25, -0.2) is 19.9 Å². The van der Waals surface area contributed by atoms with Gasteiger partial charge in [0.05, 0.1) is 6.42 Å². The maximum atomic E-state index is 5.75. The minimum absolute atomic E-state index is 0.251. The van der Waals surface area contributed by atoms with Crippen molar-refractivity contribution in [3.8, 4) is 0 Å². The van der Waals surface area contributed by atoms with Crippen LogP contribution in [0.5, 0.6) is 0 Å². The van der Waals surface area contributed by atoms with Crippen molar-refractivity contribution in [1.29, 1.82) is 0 Å². The summed E-state index contributed by atoms with van der Waals surface area (Å²) in [5, 5.41) is 1.03. The van der Waals surface area contributed by atoms with Crippen LogP contribution < -0.4 is 0 Å². The topological polar surface area (TPSA) is 51.6 Å². The Kier molecular flexibility index (Phi) is 3.99. The van der Waals surface area contributed by atoms with Gasteiger partial charge in [-0.1, -0.05) is 46.4 Å². The molecule has 0 bridgehead atoms. The number of hydrogen-bond acceptors (Lipinski definition) is 4. The molecule has 2 aromatic rings. The summed E-state index contributed by atoms with van der Waals surface area (Å²) in [5.74, 6) is 0.807. The van der Waals surface area contributed by atoms with Gasteiger partial charge < -0.3 is 0 Å². The second kappa shape index (κ2) is 5.31. The molecule has 0 saturated carbocycles. The maximum absolute atomic E-state index is 5.75. The standard InChI is InChI=1S/C9H4Cl4N4/c10-4-1-5(11)15-8(14-4)3-9-16-6(12)2-7(13)17-9/h1-2H,3H2. The van der Waals surface area contributed by atoms with E-state index in [1.54, 1.807) is 0 Å². The minimum atomic E-state index is 0.251. The van der Waals surface area contributed by atoms with Crippen LogP contribution in [0.1, 0.15) is 11.6 Å². The van der Waals surface area contributed by atoms with E-state index < -0.39 is 0 Å². The smallest absolute Gasteiger partial charge is 0.139 e. The van der Waals surface area contributed by atoms with E-state index in [0.717, 1.165) is 0 Å². The van der Waals surface area contributed by atoms with Gasteiger partial charge in [-0.2, -0.15) is 0 Å². The van der Waals surface area contributed by atoms with Crippen LogP contribution >= 0.6 is 46.4 Å². The molecule has 0 unspecified atom stereocenters. The van der Waals surface area contributed by atoms with Crippen LogP contribution in [-0.2, 0) is 6.42 Å². The molecule has 0 aliphatic rings. The van der Waals surface area contributed by atoms with Crippen LogP contribution in [0.25, 0.3) is 0 Å². The summed E-state index contributed by atoms with van der Waals surface area (Å²) in [7, 11) is 0. The third-order valence-electron chi connectivity index (χ3n) is 1.74. The molecule has 2 heterocycles. The average Bonchev–Trinajstić information content (AvgIpc) is 2.13. The van der Waals surface area contributed by atoms with Crippen molar-refractivity contribution in [3.63, 3.8) is 0 Å². The summed E-state index contributed by atoms with van der Waals surface area (Å²) in [6.45, 7) is 0. The molecule has 0 N–H and O–H groups in total. The van der Waals surface area contributed by atoms with Crippen LogP contribution in [0.4, 0.5) is 0 Å². The van der Waals surface area contributed by atoms with Gasteiger partial charge >= 0.3 is 0 Å². The summed E-state index contributed by atoms with van der Waals surface area (Å²) < 4.78 is 0. The van der Waals surface area contributed by atoms with E-state index in [1.165, 1.54) is 12.1 Å². The van der Waals surface area contributed by atoms with Crippen LogP contribution in [-0.4, -0.2) is 19.9 Å². The highest BCUT2D eigenvalue weighted by Crippen LogP contribution is 2.15. The Labute approximate surface area is 117 Å². The number of hydrogen-bond donors (Lipinski definition) is 0. The predicted molar refractivity (Wildman–Crippen MR) is 66.9 cm³/mol. The van der Waals surface area contributed by atoms with E-state index in [0.29, 0.717) is 11.6 Å². The lowest BCUT2D eigenvalue weighted by Gasteiger charge is -2.01. The van der Waals surface area contributed by atoms with Crippen molar-refractivity contribution in [1.82, 2.24) is 19.9 Å². The first-order chi connectivity index (χ1) is 8.02. The zero-order valence-corrected chi connectivity index (χ0v) is 11.2. The molecule has 0 radical (unpaired) electrons. The van der Waals surface area contributed by atoms with Crippen LogP contribution in [0.2, 0.25) is 20.6 Å². The molecule has 0 spiro atoms. The van der Waals surface area contributed by atoms with Crippen LogP contribution in [0, 0.1) is 0 Å². The average molecular weight is 310 g/mol. The first-order valence-electron chi connectivity index (χ1n) is 4.41. The fraction of sp³-hybridized carbons (Fsp3) is 0.111. The third-order valence-corrected chi connectivity index (χ3v) is 2.51. The van der Waals surface area contributed by atoms with Gasteiger partial charge in [0.2, 0.25) is 0 Å². The summed E-state index contributed by atoms with van der Waals surface area (Å²) >= 11 is 23.0. The molecule has 88 valence electrons. The predicted octanol–water partition coefficient (Wildman–Crippen LogP) is 3.47. The molecule has 0 fully saturated rings. The molecule has 0 aliphatic carbocycles. The number of nitrogens with zero attached hydrogens (tertiary/aromatic N) is 4. The molecule has 17 heavy (non-hydrogen) atoms. The molecule has 0 amide bonds. The summed E-state index contributed by atoms with van der Waals surface area (Å²) in [6.07, 6.45) is 0.251. The molecule has 0 atom stereocenters. The lowest BCUT2D eigenvalue weighted by atomic mass is 10.3. The number of aromatic nitrogens is 4. The van der Waals surface area contributed by atoms with Crippen molar-refractivity contribution in [2.75, 3.05) is 0 Å². The maximum Gasteiger partial charge on any atom is 0.139 e. The van der Waals surface area contributed by atoms with E-state index in [4.69, 9.17) is 46.4 Å². The van der Waals surface area contributed by atoms with E-state index in [9.17, 15) is 0 Å². The van der Waals surface area contributed by atoms with Crippen molar-refractivity contribution in [2.24, 2.45) is 0 Å². The highest BCUT2D eigenvalue weighted by Gasteiger charge is 2.07. The Balaban J connectivity index is 2.31. The SMILES string of the molecule is Clc1cc(Cl)nc(Cc2nc(Cl)cc(Cl)n2)n1. The van der Waals surface area contributed by atoms with E-state index in [1.807, 2.05) is 0 Å². The Hall–Kier alpha value is -0.680. The monoisotopic (exact) mass is 308 g/mol.